The first-order chi connectivity index (χ1) is 8.56. The Morgan fingerprint density at radius 3 is 2.56 bits per heavy atom. The summed E-state index contributed by atoms with van der Waals surface area (Å²) < 4.78 is 13.0. The second-order valence-electron chi connectivity index (χ2n) is 3.97. The molecule has 0 amide bonds. The highest BCUT2D eigenvalue weighted by molar-refractivity contribution is 9.09. The molecule has 2 aromatic carbocycles. The van der Waals surface area contributed by atoms with E-state index in [-0.39, 0.29) is 10.6 Å². The molecule has 0 nitrogen and oxygen atoms in total. The molecule has 18 heavy (non-hydrogen) atoms. The minimum absolute atomic E-state index is 0.0315. The fourth-order valence-electron chi connectivity index (χ4n) is 1.74. The molecule has 0 bridgehead atoms. The summed E-state index contributed by atoms with van der Waals surface area (Å²) in [5.41, 5.74) is 1.97. The minimum Gasteiger partial charge on any atom is -0.207 e. The molecule has 0 heterocycles. The molecule has 2 aromatic rings. The van der Waals surface area contributed by atoms with E-state index in [0.29, 0.717) is 10.0 Å². The van der Waals surface area contributed by atoms with Gasteiger partial charge in [0.1, 0.15) is 5.82 Å². The van der Waals surface area contributed by atoms with E-state index in [4.69, 9.17) is 23.2 Å². The van der Waals surface area contributed by atoms with Crippen molar-refractivity contribution in [1.82, 2.24) is 0 Å². The van der Waals surface area contributed by atoms with Crippen LogP contribution in [0.5, 0.6) is 0 Å². The van der Waals surface area contributed by atoms with Crippen LogP contribution in [-0.2, 0) is 6.42 Å². The Morgan fingerprint density at radius 2 is 1.89 bits per heavy atom. The summed E-state index contributed by atoms with van der Waals surface area (Å²) in [4.78, 5) is 0.0315. The van der Waals surface area contributed by atoms with Crippen molar-refractivity contribution in [2.45, 2.75) is 11.2 Å². The average molecular weight is 348 g/mol. The molecule has 0 radical (unpaired) electrons. The molecule has 1 atom stereocenters. The van der Waals surface area contributed by atoms with Gasteiger partial charge in [-0.15, -0.1) is 0 Å². The van der Waals surface area contributed by atoms with Crippen molar-refractivity contribution in [2.24, 2.45) is 0 Å². The van der Waals surface area contributed by atoms with E-state index < -0.39 is 0 Å². The first-order valence-electron chi connectivity index (χ1n) is 5.40. The van der Waals surface area contributed by atoms with Crippen LogP contribution in [0.15, 0.2) is 42.5 Å². The molecule has 0 aliphatic heterocycles. The Morgan fingerprint density at radius 1 is 1.11 bits per heavy atom. The number of hydrogen-bond acceptors (Lipinski definition) is 0. The van der Waals surface area contributed by atoms with Gasteiger partial charge in [-0.05, 0) is 41.8 Å². The summed E-state index contributed by atoms with van der Waals surface area (Å²) in [7, 11) is 0. The van der Waals surface area contributed by atoms with Crippen molar-refractivity contribution in [2.75, 3.05) is 0 Å². The maximum atomic E-state index is 13.0. The lowest BCUT2D eigenvalue weighted by atomic mass is 10.0. The largest absolute Gasteiger partial charge is 0.207 e. The Bertz CT molecular complexity index is 557. The number of benzene rings is 2. The SMILES string of the molecule is Fc1ccc(C(Br)Cc2cccc(Cl)c2)c(Cl)c1. The van der Waals surface area contributed by atoms with E-state index in [1.807, 2.05) is 24.3 Å². The smallest absolute Gasteiger partial charge is 0.124 e. The molecular weight excluding hydrogens is 338 g/mol. The number of alkyl halides is 1. The summed E-state index contributed by atoms with van der Waals surface area (Å²) in [5.74, 6) is -0.328. The van der Waals surface area contributed by atoms with Crippen LogP contribution >= 0.6 is 39.1 Å². The lowest BCUT2D eigenvalue weighted by Gasteiger charge is -2.12. The van der Waals surface area contributed by atoms with Crippen LogP contribution in [0, 0.1) is 5.82 Å². The predicted octanol–water partition coefficient (Wildman–Crippen LogP) is 5.81. The zero-order chi connectivity index (χ0) is 13.1. The maximum absolute atomic E-state index is 13.0. The third-order valence-corrected chi connectivity index (χ3v) is 3.98. The Balaban J connectivity index is 2.19. The molecular formula is C14H10BrCl2F. The highest BCUT2D eigenvalue weighted by atomic mass is 79.9. The van der Waals surface area contributed by atoms with Gasteiger partial charge in [0.2, 0.25) is 0 Å². The van der Waals surface area contributed by atoms with Gasteiger partial charge in [-0.3, -0.25) is 0 Å². The van der Waals surface area contributed by atoms with Gasteiger partial charge in [-0.2, -0.15) is 0 Å². The molecule has 0 aliphatic rings. The highest BCUT2D eigenvalue weighted by Crippen LogP contribution is 2.33. The summed E-state index contributed by atoms with van der Waals surface area (Å²) in [5, 5.41) is 1.14. The van der Waals surface area contributed by atoms with Crippen LogP contribution in [0.2, 0.25) is 10.0 Å². The zero-order valence-electron chi connectivity index (χ0n) is 9.34. The molecule has 2 rings (SSSR count). The number of halogens is 4. The van der Waals surface area contributed by atoms with E-state index in [9.17, 15) is 4.39 Å². The molecule has 94 valence electrons. The van der Waals surface area contributed by atoms with Gasteiger partial charge in [-0.1, -0.05) is 57.3 Å². The molecule has 0 aliphatic carbocycles. The van der Waals surface area contributed by atoms with Crippen molar-refractivity contribution < 1.29 is 4.39 Å². The summed E-state index contributed by atoms with van der Waals surface area (Å²) >= 11 is 15.5. The van der Waals surface area contributed by atoms with Crippen LogP contribution in [-0.4, -0.2) is 0 Å². The Hall–Kier alpha value is -0.570. The van der Waals surface area contributed by atoms with Crippen LogP contribution in [0.4, 0.5) is 4.39 Å². The van der Waals surface area contributed by atoms with E-state index in [1.165, 1.54) is 12.1 Å². The van der Waals surface area contributed by atoms with Gasteiger partial charge in [0, 0.05) is 14.9 Å². The third kappa shape index (κ3) is 3.47. The van der Waals surface area contributed by atoms with Crippen LogP contribution in [0.1, 0.15) is 16.0 Å². The average Bonchev–Trinajstić information content (AvgIpc) is 2.28. The molecule has 0 spiro atoms. The van der Waals surface area contributed by atoms with Crippen molar-refractivity contribution in [3.63, 3.8) is 0 Å². The first kappa shape index (κ1) is 13.9. The second kappa shape index (κ2) is 6.05. The van der Waals surface area contributed by atoms with Gasteiger partial charge in [-0.25, -0.2) is 4.39 Å². The van der Waals surface area contributed by atoms with Gasteiger partial charge < -0.3 is 0 Å². The lowest BCUT2D eigenvalue weighted by molar-refractivity contribution is 0.627. The highest BCUT2D eigenvalue weighted by Gasteiger charge is 2.13. The summed E-state index contributed by atoms with van der Waals surface area (Å²) in [6.07, 6.45) is 0.742. The lowest BCUT2D eigenvalue weighted by Crippen LogP contribution is -1.97. The standard InChI is InChI=1S/C14H10BrCl2F/c15-13(7-9-2-1-3-10(16)6-9)12-5-4-11(18)8-14(12)17/h1-6,8,13H,7H2. The van der Waals surface area contributed by atoms with Crippen LogP contribution < -0.4 is 0 Å². The predicted molar refractivity (Wildman–Crippen MR) is 78.2 cm³/mol. The number of hydrogen-bond donors (Lipinski definition) is 0. The minimum atomic E-state index is -0.328. The Labute approximate surface area is 124 Å². The molecule has 0 fully saturated rings. The molecule has 0 saturated carbocycles. The molecule has 4 heteroatoms. The van der Waals surface area contributed by atoms with Crippen molar-refractivity contribution in [1.29, 1.82) is 0 Å². The maximum Gasteiger partial charge on any atom is 0.124 e. The fourth-order valence-corrected chi connectivity index (χ4v) is 3.15. The second-order valence-corrected chi connectivity index (χ2v) is 5.92. The van der Waals surface area contributed by atoms with Crippen molar-refractivity contribution >= 4 is 39.1 Å². The number of rotatable bonds is 3. The monoisotopic (exact) mass is 346 g/mol. The molecule has 0 aromatic heterocycles. The molecule has 1 unspecified atom stereocenters. The van der Waals surface area contributed by atoms with Gasteiger partial charge >= 0.3 is 0 Å². The normalized spacial score (nSPS) is 12.4. The molecule has 0 saturated heterocycles. The quantitative estimate of drug-likeness (QED) is 0.614. The third-order valence-electron chi connectivity index (χ3n) is 2.60. The van der Waals surface area contributed by atoms with Gasteiger partial charge in [0.25, 0.3) is 0 Å². The van der Waals surface area contributed by atoms with Crippen molar-refractivity contribution in [3.05, 3.63) is 69.5 Å². The van der Waals surface area contributed by atoms with Crippen LogP contribution in [0.25, 0.3) is 0 Å². The first-order valence-corrected chi connectivity index (χ1v) is 7.07. The van der Waals surface area contributed by atoms with E-state index in [1.54, 1.807) is 6.07 Å². The summed E-state index contributed by atoms with van der Waals surface area (Å²) in [6, 6.07) is 12.1. The van der Waals surface area contributed by atoms with Crippen molar-refractivity contribution in [3.8, 4) is 0 Å². The van der Waals surface area contributed by atoms with Gasteiger partial charge in [0.15, 0.2) is 0 Å². The van der Waals surface area contributed by atoms with E-state index in [0.717, 1.165) is 17.5 Å². The van der Waals surface area contributed by atoms with E-state index in [2.05, 4.69) is 15.9 Å². The molecule has 0 N–H and O–H groups in total. The van der Waals surface area contributed by atoms with Crippen LogP contribution in [0.3, 0.4) is 0 Å². The topological polar surface area (TPSA) is 0 Å². The summed E-state index contributed by atoms with van der Waals surface area (Å²) in [6.45, 7) is 0. The van der Waals surface area contributed by atoms with Gasteiger partial charge in [0.05, 0.1) is 0 Å². The van der Waals surface area contributed by atoms with E-state index >= 15 is 0 Å². The zero-order valence-corrected chi connectivity index (χ0v) is 12.4. The fraction of sp³-hybridized carbons (Fsp3) is 0.143. The Kier molecular flexibility index (Phi) is 4.66.